The van der Waals surface area contributed by atoms with Crippen molar-refractivity contribution in [2.24, 2.45) is 0 Å². The first-order chi connectivity index (χ1) is 18.8. The van der Waals surface area contributed by atoms with Gasteiger partial charge in [-0.2, -0.15) is 4.31 Å². The van der Waals surface area contributed by atoms with Crippen LogP contribution in [0.4, 0.5) is 24.5 Å². The van der Waals surface area contributed by atoms with Gasteiger partial charge in [0.05, 0.1) is 16.1 Å². The molecular weight excluding hydrogens is 565 g/mol. The van der Waals surface area contributed by atoms with Crippen LogP contribution in [0.15, 0.2) is 70.5 Å². The fourth-order valence-corrected chi connectivity index (χ4v) is 6.70. The van der Waals surface area contributed by atoms with E-state index >= 15 is 0 Å². The van der Waals surface area contributed by atoms with E-state index in [1.54, 1.807) is 29.4 Å². The van der Waals surface area contributed by atoms with Crippen molar-refractivity contribution in [3.8, 4) is 5.75 Å². The van der Waals surface area contributed by atoms with Crippen LogP contribution < -0.4 is 9.64 Å². The molecule has 0 spiro atoms. The summed E-state index contributed by atoms with van der Waals surface area (Å²) in [5.74, 6) is -4.69. The number of carboxylic acids is 1. The summed E-state index contributed by atoms with van der Waals surface area (Å²) in [5.41, 5.74) is 0.993. The first-order valence-electron chi connectivity index (χ1n) is 12.4. The van der Waals surface area contributed by atoms with Crippen molar-refractivity contribution < 1.29 is 36.2 Å². The van der Waals surface area contributed by atoms with E-state index in [0.717, 1.165) is 29.4 Å². The van der Waals surface area contributed by atoms with E-state index in [4.69, 9.17) is 4.74 Å². The summed E-state index contributed by atoms with van der Waals surface area (Å²) in [5, 5.41) is 9.48. The molecule has 1 aliphatic rings. The van der Waals surface area contributed by atoms with Crippen LogP contribution >= 0.6 is 11.8 Å². The Bertz CT molecular complexity index is 1500. The Morgan fingerprint density at radius 3 is 2.48 bits per heavy atom. The van der Waals surface area contributed by atoms with Gasteiger partial charge in [0.2, 0.25) is 15.9 Å². The molecule has 1 aliphatic heterocycles. The van der Waals surface area contributed by atoms with Crippen LogP contribution in [0.2, 0.25) is 0 Å². The third-order valence-electron chi connectivity index (χ3n) is 6.77. The van der Waals surface area contributed by atoms with Gasteiger partial charge in [0, 0.05) is 43.4 Å². The molecule has 4 rings (SSSR count). The number of rotatable bonds is 9. The number of carbonyl (C=O) groups is 1. The lowest BCUT2D eigenvalue weighted by Crippen LogP contribution is -2.41. The van der Waals surface area contributed by atoms with Gasteiger partial charge in [0.1, 0.15) is 23.1 Å². The van der Waals surface area contributed by atoms with Gasteiger partial charge in [-0.1, -0.05) is 18.2 Å². The van der Waals surface area contributed by atoms with Crippen LogP contribution in [0, 0.1) is 5.82 Å². The number of hydrogen-bond acceptors (Lipinski definition) is 6. The standard InChI is InChI=1S/C28H29F3N2O5S2/c1-28(30,31)12-11-21-16-33(20-7-5-4-6-8-20)23-14-25(39-3)24(15-26(23)40(36,37)32(21)2)38-17-18-13-19(29)9-10-22(18)27(34)35/h4-10,13-15,21H,11-12,16-17H2,1-3H3,(H,34,35)/t21-/m1/s1. The number of fused-ring (bicyclic) bond motifs is 1. The second kappa shape index (κ2) is 11.7. The van der Waals surface area contributed by atoms with E-state index in [1.807, 2.05) is 18.2 Å². The highest BCUT2D eigenvalue weighted by Crippen LogP contribution is 2.44. The molecule has 1 atom stereocenters. The topological polar surface area (TPSA) is 87.1 Å². The van der Waals surface area contributed by atoms with Crippen molar-refractivity contribution >= 4 is 39.1 Å². The first-order valence-corrected chi connectivity index (χ1v) is 15.0. The minimum Gasteiger partial charge on any atom is -0.488 e. The summed E-state index contributed by atoms with van der Waals surface area (Å²) in [6.07, 6.45) is 1.23. The average molecular weight is 595 g/mol. The van der Waals surface area contributed by atoms with E-state index < -0.39 is 40.2 Å². The molecule has 0 aliphatic carbocycles. The van der Waals surface area contributed by atoms with Crippen LogP contribution in [0.1, 0.15) is 35.7 Å². The highest BCUT2D eigenvalue weighted by Gasteiger charge is 2.39. The Morgan fingerprint density at radius 1 is 1.15 bits per heavy atom. The van der Waals surface area contributed by atoms with E-state index in [-0.39, 0.29) is 41.3 Å². The van der Waals surface area contributed by atoms with Gasteiger partial charge in [-0.25, -0.2) is 26.4 Å². The zero-order valence-electron chi connectivity index (χ0n) is 22.1. The smallest absolute Gasteiger partial charge is 0.336 e. The second-order valence-corrected chi connectivity index (χ2v) is 12.4. The molecule has 214 valence electrons. The maximum absolute atomic E-state index is 13.9. The third kappa shape index (κ3) is 6.39. The van der Waals surface area contributed by atoms with Crippen LogP contribution in [-0.2, 0) is 16.6 Å². The highest BCUT2D eigenvalue weighted by atomic mass is 32.2. The Kier molecular flexibility index (Phi) is 8.72. The number of ether oxygens (including phenoxy) is 1. The van der Waals surface area contributed by atoms with E-state index in [9.17, 15) is 31.5 Å². The number of aromatic carboxylic acids is 1. The summed E-state index contributed by atoms with van der Waals surface area (Å²) in [7, 11) is -2.79. The molecule has 0 saturated carbocycles. The minimum atomic E-state index is -4.17. The molecule has 7 nitrogen and oxygen atoms in total. The van der Waals surface area contributed by atoms with Crippen LogP contribution in [-0.4, -0.2) is 55.6 Å². The SMILES string of the molecule is CSc1cc2c(cc1OCc1cc(F)ccc1C(=O)O)S(=O)(=O)N(C)[C@H](CCC(C)(F)F)CN2c1ccccc1. The lowest BCUT2D eigenvalue weighted by atomic mass is 10.1. The molecule has 0 amide bonds. The van der Waals surface area contributed by atoms with Crippen LogP contribution in [0.3, 0.4) is 0 Å². The molecule has 0 radical (unpaired) electrons. The van der Waals surface area contributed by atoms with Gasteiger partial charge in [-0.05, 0) is 56.0 Å². The molecule has 0 aromatic heterocycles. The normalized spacial score (nSPS) is 17.2. The monoisotopic (exact) mass is 594 g/mol. The molecule has 12 heteroatoms. The van der Waals surface area contributed by atoms with E-state index in [0.29, 0.717) is 16.3 Å². The number of sulfonamides is 1. The van der Waals surface area contributed by atoms with E-state index in [1.165, 1.54) is 24.9 Å². The average Bonchev–Trinajstić information content (AvgIpc) is 2.98. The fraction of sp³-hybridized carbons (Fsp3) is 0.321. The molecule has 0 bridgehead atoms. The van der Waals surface area contributed by atoms with Crippen molar-refractivity contribution in [2.45, 2.75) is 48.1 Å². The number of hydrogen-bond donors (Lipinski definition) is 1. The Labute approximate surface area is 235 Å². The zero-order valence-corrected chi connectivity index (χ0v) is 23.7. The summed E-state index contributed by atoms with van der Waals surface area (Å²) in [6, 6.07) is 14.6. The number of likely N-dealkylation sites (N-methyl/N-ethyl adjacent to an activating group) is 1. The number of alkyl halides is 2. The predicted molar refractivity (Wildman–Crippen MR) is 148 cm³/mol. The van der Waals surface area contributed by atoms with Gasteiger partial charge in [-0.15, -0.1) is 11.8 Å². The summed E-state index contributed by atoms with van der Waals surface area (Å²) >= 11 is 1.29. The highest BCUT2D eigenvalue weighted by molar-refractivity contribution is 7.98. The number of thioether (sulfide) groups is 1. The number of halogens is 3. The van der Waals surface area contributed by atoms with Crippen LogP contribution in [0.25, 0.3) is 0 Å². The van der Waals surface area contributed by atoms with Crippen LogP contribution in [0.5, 0.6) is 5.75 Å². The number of nitrogens with zero attached hydrogens (tertiary/aromatic N) is 2. The van der Waals surface area contributed by atoms with Gasteiger partial charge in [-0.3, -0.25) is 0 Å². The summed E-state index contributed by atoms with van der Waals surface area (Å²) in [4.78, 5) is 13.9. The number of anilines is 2. The molecule has 0 fully saturated rings. The molecule has 1 heterocycles. The quantitative estimate of drug-likeness (QED) is 0.287. The van der Waals surface area contributed by atoms with Crippen molar-refractivity contribution in [1.29, 1.82) is 0 Å². The Hall–Kier alpha value is -3.22. The Morgan fingerprint density at radius 2 is 1.85 bits per heavy atom. The maximum Gasteiger partial charge on any atom is 0.336 e. The predicted octanol–water partition coefficient (Wildman–Crippen LogP) is 6.40. The molecule has 0 saturated heterocycles. The van der Waals surface area contributed by atoms with Gasteiger partial charge in [0.15, 0.2) is 0 Å². The molecule has 1 N–H and O–H groups in total. The van der Waals surface area contributed by atoms with Crippen molar-refractivity contribution in [2.75, 3.05) is 24.7 Å². The molecule has 40 heavy (non-hydrogen) atoms. The zero-order chi connectivity index (χ0) is 29.2. The fourth-order valence-electron chi connectivity index (χ4n) is 4.59. The van der Waals surface area contributed by atoms with Gasteiger partial charge in [0.25, 0.3) is 0 Å². The van der Waals surface area contributed by atoms with Crippen molar-refractivity contribution in [1.82, 2.24) is 4.31 Å². The molecule has 0 unspecified atom stereocenters. The number of para-hydroxylation sites is 1. The van der Waals surface area contributed by atoms with Crippen molar-refractivity contribution in [3.05, 3.63) is 77.6 Å². The van der Waals surface area contributed by atoms with Gasteiger partial charge >= 0.3 is 5.97 Å². The molecular formula is C28H29F3N2O5S2. The van der Waals surface area contributed by atoms with Gasteiger partial charge < -0.3 is 14.7 Å². The summed E-state index contributed by atoms with van der Waals surface area (Å²) < 4.78 is 76.3. The second-order valence-electron chi connectivity index (χ2n) is 9.60. The lowest BCUT2D eigenvalue weighted by Gasteiger charge is -2.30. The lowest BCUT2D eigenvalue weighted by molar-refractivity contribution is 0.00679. The minimum absolute atomic E-state index is 0.0627. The summed E-state index contributed by atoms with van der Waals surface area (Å²) in [6.45, 7) is 0.630. The largest absolute Gasteiger partial charge is 0.488 e. The Balaban J connectivity index is 1.81. The van der Waals surface area contributed by atoms with E-state index in [2.05, 4.69) is 0 Å². The maximum atomic E-state index is 13.9. The first kappa shape index (κ1) is 29.8. The number of benzene rings is 3. The van der Waals surface area contributed by atoms with Crippen molar-refractivity contribution in [3.63, 3.8) is 0 Å². The molecule has 3 aromatic carbocycles. The molecule has 3 aromatic rings. The number of carboxylic acid groups (broad SMARTS) is 1. The third-order valence-corrected chi connectivity index (χ3v) is 9.46.